The Morgan fingerprint density at radius 1 is 1.20 bits per heavy atom. The Kier molecular flexibility index (Phi) is 6.74. The molecule has 0 spiro atoms. The Morgan fingerprint density at radius 3 is 2.77 bits per heavy atom. The number of aryl methyl sites for hydroxylation is 1. The van der Waals surface area contributed by atoms with E-state index in [-0.39, 0.29) is 17.3 Å². The molecule has 0 aliphatic heterocycles. The number of nitrogens with one attached hydrogen (secondary N) is 1. The van der Waals surface area contributed by atoms with Gasteiger partial charge in [0.15, 0.2) is 6.10 Å². The van der Waals surface area contributed by atoms with Crippen LogP contribution in [-0.4, -0.2) is 28.9 Å². The fourth-order valence-corrected chi connectivity index (χ4v) is 2.96. The molecule has 3 aromatic rings. The maximum atomic E-state index is 12.4. The molecule has 2 aromatic carbocycles. The van der Waals surface area contributed by atoms with Crippen molar-refractivity contribution in [3.8, 4) is 17.3 Å². The zero-order chi connectivity index (χ0) is 21.7. The summed E-state index contributed by atoms with van der Waals surface area (Å²) in [5.74, 6) is 0.558. The first-order valence-electron chi connectivity index (χ1n) is 9.31. The topological polar surface area (TPSA) is 82.5 Å². The molecule has 1 unspecified atom stereocenters. The van der Waals surface area contributed by atoms with Gasteiger partial charge in [-0.05, 0) is 49.2 Å². The van der Waals surface area contributed by atoms with Gasteiger partial charge in [-0.2, -0.15) is 4.68 Å². The molecule has 0 saturated heterocycles. The SMILES string of the molecule is COc1cccc(CNC(=O)C(C)Oc2ccc(=O)n(-c3cc(Cl)ccc3C)n2)c1. The molecular weight excluding hydrogens is 406 g/mol. The number of hydrogen-bond donors (Lipinski definition) is 1. The van der Waals surface area contributed by atoms with Crippen molar-refractivity contribution in [3.63, 3.8) is 0 Å². The molecule has 0 fully saturated rings. The molecule has 1 atom stereocenters. The molecular formula is C22H22ClN3O4. The summed E-state index contributed by atoms with van der Waals surface area (Å²) in [7, 11) is 1.59. The summed E-state index contributed by atoms with van der Waals surface area (Å²) in [4.78, 5) is 24.7. The average molecular weight is 428 g/mol. The van der Waals surface area contributed by atoms with Gasteiger partial charge in [-0.3, -0.25) is 9.59 Å². The molecule has 1 heterocycles. The minimum atomic E-state index is -0.811. The normalized spacial score (nSPS) is 11.6. The zero-order valence-electron chi connectivity index (χ0n) is 16.9. The van der Waals surface area contributed by atoms with E-state index in [0.717, 1.165) is 11.1 Å². The number of methoxy groups -OCH3 is 1. The second-order valence-electron chi connectivity index (χ2n) is 6.68. The predicted octanol–water partition coefficient (Wildman–Crippen LogP) is 3.29. The smallest absolute Gasteiger partial charge is 0.271 e. The van der Waals surface area contributed by atoms with E-state index in [0.29, 0.717) is 23.0 Å². The van der Waals surface area contributed by atoms with Gasteiger partial charge in [-0.15, -0.1) is 5.10 Å². The number of nitrogens with zero attached hydrogens (tertiary/aromatic N) is 2. The molecule has 0 aliphatic rings. The van der Waals surface area contributed by atoms with Crippen molar-refractivity contribution in [2.24, 2.45) is 0 Å². The summed E-state index contributed by atoms with van der Waals surface area (Å²) >= 11 is 6.05. The Bertz CT molecular complexity index is 1110. The highest BCUT2D eigenvalue weighted by Gasteiger charge is 2.16. The minimum Gasteiger partial charge on any atom is -0.497 e. The Hall–Kier alpha value is -3.32. The van der Waals surface area contributed by atoms with Gasteiger partial charge in [-0.1, -0.05) is 29.8 Å². The fourth-order valence-electron chi connectivity index (χ4n) is 2.79. The predicted molar refractivity (Wildman–Crippen MR) is 115 cm³/mol. The average Bonchev–Trinajstić information content (AvgIpc) is 2.75. The van der Waals surface area contributed by atoms with Crippen LogP contribution in [0.15, 0.2) is 59.4 Å². The van der Waals surface area contributed by atoms with Gasteiger partial charge in [0.05, 0.1) is 12.8 Å². The molecule has 3 rings (SSSR count). The second kappa shape index (κ2) is 9.45. The molecule has 7 nitrogen and oxygen atoms in total. The standard InChI is InChI=1S/C22H22ClN3O4/c1-14-7-8-17(23)12-19(14)26-21(27)10-9-20(25-26)30-15(2)22(28)24-13-16-5-4-6-18(11-16)29-3/h4-12,15H,13H2,1-3H3,(H,24,28). The Morgan fingerprint density at radius 2 is 2.00 bits per heavy atom. The monoisotopic (exact) mass is 427 g/mol. The van der Waals surface area contributed by atoms with Crippen LogP contribution in [0.3, 0.4) is 0 Å². The van der Waals surface area contributed by atoms with Crippen LogP contribution in [-0.2, 0) is 11.3 Å². The first kappa shape index (κ1) is 21.4. The first-order valence-corrected chi connectivity index (χ1v) is 9.69. The Labute approximate surface area is 179 Å². The second-order valence-corrected chi connectivity index (χ2v) is 7.12. The van der Waals surface area contributed by atoms with Gasteiger partial charge in [0.2, 0.25) is 5.88 Å². The van der Waals surface area contributed by atoms with E-state index in [1.807, 2.05) is 31.2 Å². The van der Waals surface area contributed by atoms with E-state index in [2.05, 4.69) is 10.4 Å². The Balaban J connectivity index is 1.70. The van der Waals surface area contributed by atoms with Gasteiger partial charge in [-0.25, -0.2) is 0 Å². The molecule has 156 valence electrons. The number of carbonyl (C=O) groups is 1. The van der Waals surface area contributed by atoms with Crippen LogP contribution in [0.25, 0.3) is 5.69 Å². The van der Waals surface area contributed by atoms with Crippen molar-refractivity contribution < 1.29 is 14.3 Å². The highest BCUT2D eigenvalue weighted by Crippen LogP contribution is 2.18. The van der Waals surface area contributed by atoms with Crippen LogP contribution < -0.4 is 20.3 Å². The van der Waals surface area contributed by atoms with Crippen molar-refractivity contribution in [3.05, 3.63) is 81.1 Å². The van der Waals surface area contributed by atoms with E-state index in [1.54, 1.807) is 32.2 Å². The van der Waals surface area contributed by atoms with E-state index >= 15 is 0 Å². The van der Waals surface area contributed by atoms with Crippen molar-refractivity contribution in [1.29, 1.82) is 0 Å². The van der Waals surface area contributed by atoms with Crippen LogP contribution in [0.5, 0.6) is 11.6 Å². The van der Waals surface area contributed by atoms with E-state index in [4.69, 9.17) is 21.1 Å². The highest BCUT2D eigenvalue weighted by molar-refractivity contribution is 6.30. The van der Waals surface area contributed by atoms with Crippen molar-refractivity contribution in [2.45, 2.75) is 26.5 Å². The lowest BCUT2D eigenvalue weighted by molar-refractivity contribution is -0.127. The molecule has 1 aromatic heterocycles. The molecule has 0 radical (unpaired) electrons. The largest absolute Gasteiger partial charge is 0.497 e. The summed E-state index contributed by atoms with van der Waals surface area (Å²) in [5.41, 5.74) is 1.95. The molecule has 8 heteroatoms. The maximum Gasteiger partial charge on any atom is 0.271 e. The molecule has 30 heavy (non-hydrogen) atoms. The third kappa shape index (κ3) is 5.18. The van der Waals surface area contributed by atoms with E-state index in [9.17, 15) is 9.59 Å². The number of ether oxygens (including phenoxy) is 2. The third-order valence-electron chi connectivity index (χ3n) is 4.44. The van der Waals surface area contributed by atoms with E-state index < -0.39 is 6.10 Å². The van der Waals surface area contributed by atoms with Gasteiger partial charge in [0.1, 0.15) is 5.75 Å². The first-order chi connectivity index (χ1) is 14.4. The fraction of sp³-hybridized carbons (Fsp3) is 0.227. The van der Waals surface area contributed by atoms with Gasteiger partial charge in [0.25, 0.3) is 11.5 Å². The number of rotatable bonds is 7. The molecule has 1 N–H and O–H groups in total. The maximum absolute atomic E-state index is 12.4. The molecule has 0 saturated carbocycles. The van der Waals surface area contributed by atoms with Crippen LogP contribution >= 0.6 is 11.6 Å². The summed E-state index contributed by atoms with van der Waals surface area (Å²) in [5, 5.41) is 7.53. The lowest BCUT2D eigenvalue weighted by Crippen LogP contribution is -2.36. The van der Waals surface area contributed by atoms with Crippen LogP contribution in [0.4, 0.5) is 0 Å². The lowest BCUT2D eigenvalue weighted by Gasteiger charge is -2.15. The highest BCUT2D eigenvalue weighted by atomic mass is 35.5. The number of hydrogen-bond acceptors (Lipinski definition) is 5. The summed E-state index contributed by atoms with van der Waals surface area (Å²) in [6.45, 7) is 3.79. The van der Waals surface area contributed by atoms with Crippen LogP contribution in [0.2, 0.25) is 5.02 Å². The van der Waals surface area contributed by atoms with Crippen molar-refractivity contribution >= 4 is 17.5 Å². The van der Waals surface area contributed by atoms with Crippen molar-refractivity contribution in [1.82, 2.24) is 15.1 Å². The van der Waals surface area contributed by atoms with E-state index in [1.165, 1.54) is 16.8 Å². The summed E-state index contributed by atoms with van der Waals surface area (Å²) in [6.07, 6.45) is -0.811. The van der Waals surface area contributed by atoms with Gasteiger partial charge < -0.3 is 14.8 Å². The van der Waals surface area contributed by atoms with Crippen LogP contribution in [0.1, 0.15) is 18.1 Å². The zero-order valence-corrected chi connectivity index (χ0v) is 17.6. The third-order valence-corrected chi connectivity index (χ3v) is 4.68. The summed E-state index contributed by atoms with van der Waals surface area (Å²) < 4.78 is 12.0. The lowest BCUT2D eigenvalue weighted by atomic mass is 10.2. The van der Waals surface area contributed by atoms with Crippen LogP contribution in [0, 0.1) is 6.92 Å². The molecule has 1 amide bonds. The number of benzene rings is 2. The summed E-state index contributed by atoms with van der Waals surface area (Å²) in [6, 6.07) is 15.4. The molecule has 0 bridgehead atoms. The number of aromatic nitrogens is 2. The van der Waals surface area contributed by atoms with Gasteiger partial charge in [0, 0.05) is 23.7 Å². The van der Waals surface area contributed by atoms with Gasteiger partial charge >= 0.3 is 0 Å². The molecule has 0 aliphatic carbocycles. The minimum absolute atomic E-state index is 0.151. The number of amides is 1. The quantitative estimate of drug-likeness (QED) is 0.625. The number of carbonyl (C=O) groups excluding carboxylic acids is 1. The van der Waals surface area contributed by atoms with Crippen molar-refractivity contribution in [2.75, 3.05) is 7.11 Å². The number of halogens is 1.